The maximum Gasteiger partial charge on any atom is 0.224 e. The number of carbonyl (C=O) groups is 1. The van der Waals surface area contributed by atoms with Gasteiger partial charge in [-0.3, -0.25) is 4.79 Å². The number of hydrogen-bond donors (Lipinski definition) is 2. The van der Waals surface area contributed by atoms with Gasteiger partial charge in [-0.25, -0.2) is 0 Å². The van der Waals surface area contributed by atoms with E-state index >= 15 is 0 Å². The Morgan fingerprint density at radius 2 is 1.88 bits per heavy atom. The van der Waals surface area contributed by atoms with Gasteiger partial charge in [0.15, 0.2) is 0 Å². The standard InChI is InChI=1S/C14H28N2O/c1-10(2)8-13(9-15)14(17)16-11(3)12-6-4-5-7-12/h10-13H,4-9,15H2,1-3H3,(H,16,17). The Bertz CT molecular complexity index is 234. The predicted molar refractivity (Wildman–Crippen MR) is 71.6 cm³/mol. The molecule has 3 heteroatoms. The first kappa shape index (κ1) is 14.5. The molecule has 100 valence electrons. The molecule has 0 aromatic heterocycles. The monoisotopic (exact) mass is 240 g/mol. The van der Waals surface area contributed by atoms with E-state index in [4.69, 9.17) is 5.73 Å². The van der Waals surface area contributed by atoms with Crippen molar-refractivity contribution < 1.29 is 4.79 Å². The number of rotatable bonds is 6. The lowest BCUT2D eigenvalue weighted by molar-refractivity contribution is -0.126. The van der Waals surface area contributed by atoms with Crippen molar-refractivity contribution in [2.75, 3.05) is 6.54 Å². The van der Waals surface area contributed by atoms with Crippen LogP contribution >= 0.6 is 0 Å². The minimum Gasteiger partial charge on any atom is -0.353 e. The smallest absolute Gasteiger partial charge is 0.224 e. The Hall–Kier alpha value is -0.570. The summed E-state index contributed by atoms with van der Waals surface area (Å²) in [6, 6.07) is 0.311. The highest BCUT2D eigenvalue weighted by atomic mass is 16.1. The normalized spacial score (nSPS) is 20.5. The molecule has 1 aliphatic rings. The summed E-state index contributed by atoms with van der Waals surface area (Å²) in [5, 5.41) is 3.16. The molecule has 2 unspecified atom stereocenters. The molecular formula is C14H28N2O. The van der Waals surface area contributed by atoms with Crippen molar-refractivity contribution in [2.24, 2.45) is 23.5 Å². The number of hydrogen-bond acceptors (Lipinski definition) is 2. The molecular weight excluding hydrogens is 212 g/mol. The van der Waals surface area contributed by atoms with Gasteiger partial charge in [-0.15, -0.1) is 0 Å². The summed E-state index contributed by atoms with van der Waals surface area (Å²) >= 11 is 0. The average molecular weight is 240 g/mol. The maximum atomic E-state index is 12.1. The molecule has 1 aliphatic carbocycles. The van der Waals surface area contributed by atoms with Crippen LogP contribution in [-0.4, -0.2) is 18.5 Å². The van der Waals surface area contributed by atoms with Crippen LogP contribution < -0.4 is 11.1 Å². The lowest BCUT2D eigenvalue weighted by Gasteiger charge is -2.24. The zero-order valence-corrected chi connectivity index (χ0v) is 11.5. The van der Waals surface area contributed by atoms with Crippen LogP contribution in [0.2, 0.25) is 0 Å². The second-order valence-corrected chi connectivity index (χ2v) is 5.90. The van der Waals surface area contributed by atoms with Gasteiger partial charge in [-0.05, 0) is 38.0 Å². The molecule has 0 spiro atoms. The minimum absolute atomic E-state index is 0.0150. The SMILES string of the molecule is CC(C)CC(CN)C(=O)NC(C)C1CCCC1. The zero-order chi connectivity index (χ0) is 12.8. The lowest BCUT2D eigenvalue weighted by Crippen LogP contribution is -2.43. The molecule has 0 aromatic carbocycles. The fraction of sp³-hybridized carbons (Fsp3) is 0.929. The van der Waals surface area contributed by atoms with Gasteiger partial charge in [0.1, 0.15) is 0 Å². The van der Waals surface area contributed by atoms with Gasteiger partial charge in [0.2, 0.25) is 5.91 Å². The Balaban J connectivity index is 2.39. The van der Waals surface area contributed by atoms with Gasteiger partial charge in [0.25, 0.3) is 0 Å². The van der Waals surface area contributed by atoms with Crippen molar-refractivity contribution in [3.8, 4) is 0 Å². The van der Waals surface area contributed by atoms with Crippen LogP contribution in [0.15, 0.2) is 0 Å². The first-order valence-corrected chi connectivity index (χ1v) is 7.05. The summed E-state index contributed by atoms with van der Waals surface area (Å²) < 4.78 is 0. The van der Waals surface area contributed by atoms with Crippen LogP contribution in [0.1, 0.15) is 52.9 Å². The van der Waals surface area contributed by atoms with E-state index in [0.29, 0.717) is 24.4 Å². The molecule has 17 heavy (non-hydrogen) atoms. The Morgan fingerprint density at radius 1 is 1.29 bits per heavy atom. The Kier molecular flexibility index (Phi) is 5.96. The van der Waals surface area contributed by atoms with Crippen molar-refractivity contribution in [1.29, 1.82) is 0 Å². The molecule has 3 N–H and O–H groups in total. The zero-order valence-electron chi connectivity index (χ0n) is 11.5. The van der Waals surface area contributed by atoms with Crippen LogP contribution in [-0.2, 0) is 4.79 Å². The van der Waals surface area contributed by atoms with Gasteiger partial charge < -0.3 is 11.1 Å². The molecule has 2 atom stereocenters. The highest BCUT2D eigenvalue weighted by Crippen LogP contribution is 2.27. The van der Waals surface area contributed by atoms with Crippen LogP contribution in [0.4, 0.5) is 0 Å². The third kappa shape index (κ3) is 4.66. The number of nitrogens with two attached hydrogens (primary N) is 1. The third-order valence-corrected chi connectivity index (χ3v) is 3.89. The summed E-state index contributed by atoms with van der Waals surface area (Å²) in [7, 11) is 0. The molecule has 0 saturated heterocycles. The molecule has 0 radical (unpaired) electrons. The molecule has 1 saturated carbocycles. The van der Waals surface area contributed by atoms with E-state index in [-0.39, 0.29) is 11.8 Å². The highest BCUT2D eigenvalue weighted by molar-refractivity contribution is 5.79. The fourth-order valence-electron chi connectivity index (χ4n) is 2.80. The van der Waals surface area contributed by atoms with E-state index in [1.165, 1.54) is 25.7 Å². The van der Waals surface area contributed by atoms with Gasteiger partial charge >= 0.3 is 0 Å². The van der Waals surface area contributed by atoms with Crippen LogP contribution in [0.5, 0.6) is 0 Å². The largest absolute Gasteiger partial charge is 0.353 e. The second kappa shape index (κ2) is 7.00. The van der Waals surface area contributed by atoms with E-state index in [2.05, 4.69) is 26.1 Å². The maximum absolute atomic E-state index is 12.1. The van der Waals surface area contributed by atoms with Crippen molar-refractivity contribution in [2.45, 2.75) is 58.9 Å². The lowest BCUT2D eigenvalue weighted by atomic mass is 9.94. The summed E-state index contributed by atoms with van der Waals surface area (Å²) in [5.41, 5.74) is 5.69. The number of nitrogens with one attached hydrogen (secondary N) is 1. The van der Waals surface area contributed by atoms with Gasteiger partial charge in [0.05, 0.1) is 5.92 Å². The highest BCUT2D eigenvalue weighted by Gasteiger charge is 2.25. The van der Waals surface area contributed by atoms with Crippen LogP contribution in [0, 0.1) is 17.8 Å². The van der Waals surface area contributed by atoms with E-state index < -0.39 is 0 Å². The molecule has 1 fully saturated rings. The Labute approximate surface area is 106 Å². The van der Waals surface area contributed by atoms with E-state index in [0.717, 1.165) is 6.42 Å². The van der Waals surface area contributed by atoms with Crippen molar-refractivity contribution in [3.05, 3.63) is 0 Å². The fourth-order valence-corrected chi connectivity index (χ4v) is 2.80. The summed E-state index contributed by atoms with van der Waals surface area (Å²) in [5.74, 6) is 1.34. The summed E-state index contributed by atoms with van der Waals surface area (Å²) in [6.45, 7) is 6.87. The molecule has 1 rings (SSSR count). The molecule has 1 amide bonds. The molecule has 0 aliphatic heterocycles. The summed E-state index contributed by atoms with van der Waals surface area (Å²) in [6.07, 6.45) is 6.05. The minimum atomic E-state index is -0.0150. The molecule has 0 aromatic rings. The topological polar surface area (TPSA) is 55.1 Å². The first-order chi connectivity index (χ1) is 8.04. The summed E-state index contributed by atoms with van der Waals surface area (Å²) in [4.78, 5) is 12.1. The van der Waals surface area contributed by atoms with Gasteiger partial charge in [-0.1, -0.05) is 26.7 Å². The van der Waals surface area contributed by atoms with Gasteiger partial charge in [0, 0.05) is 12.6 Å². The van der Waals surface area contributed by atoms with Gasteiger partial charge in [-0.2, -0.15) is 0 Å². The van der Waals surface area contributed by atoms with Crippen molar-refractivity contribution >= 4 is 5.91 Å². The second-order valence-electron chi connectivity index (χ2n) is 5.90. The molecule has 0 heterocycles. The van der Waals surface area contributed by atoms with Crippen molar-refractivity contribution in [1.82, 2.24) is 5.32 Å². The Morgan fingerprint density at radius 3 is 2.35 bits per heavy atom. The van der Waals surface area contributed by atoms with E-state index in [9.17, 15) is 4.79 Å². The number of carbonyl (C=O) groups excluding carboxylic acids is 1. The van der Waals surface area contributed by atoms with E-state index in [1.54, 1.807) is 0 Å². The van der Waals surface area contributed by atoms with Crippen LogP contribution in [0.25, 0.3) is 0 Å². The quantitative estimate of drug-likeness (QED) is 0.748. The average Bonchev–Trinajstić information content (AvgIpc) is 2.78. The predicted octanol–water partition coefficient (Wildman–Crippen LogP) is 2.30. The van der Waals surface area contributed by atoms with Crippen LogP contribution in [0.3, 0.4) is 0 Å². The molecule has 3 nitrogen and oxygen atoms in total. The number of amides is 1. The molecule has 0 bridgehead atoms. The van der Waals surface area contributed by atoms with E-state index in [1.807, 2.05) is 0 Å². The third-order valence-electron chi connectivity index (χ3n) is 3.89. The first-order valence-electron chi connectivity index (χ1n) is 7.05. The van der Waals surface area contributed by atoms with Crippen molar-refractivity contribution in [3.63, 3.8) is 0 Å².